The Labute approximate surface area is 122 Å². The summed E-state index contributed by atoms with van der Waals surface area (Å²) in [6.45, 7) is -2.37. The zero-order valence-electron chi connectivity index (χ0n) is 10.2. The highest BCUT2D eigenvalue weighted by Gasteiger charge is 2.04. The van der Waals surface area contributed by atoms with E-state index in [1.807, 2.05) is 0 Å². The molecule has 0 aliphatic heterocycles. The van der Waals surface area contributed by atoms with Crippen LogP contribution >= 0.6 is 15.9 Å². The van der Waals surface area contributed by atoms with Crippen LogP contribution in [0.4, 0.5) is 18.9 Å². The number of alkyl halides is 2. The average molecular weight is 346 g/mol. The lowest BCUT2D eigenvalue weighted by molar-refractivity contribution is -0.0498. The maximum atomic E-state index is 13.3. The van der Waals surface area contributed by atoms with E-state index in [2.05, 4.69) is 26.0 Å². The highest BCUT2D eigenvalue weighted by Crippen LogP contribution is 2.20. The molecule has 0 aliphatic rings. The number of nitrogens with one attached hydrogen (secondary N) is 1. The summed E-state index contributed by atoms with van der Waals surface area (Å²) in [6, 6.07) is 11.0. The third-order valence-corrected chi connectivity index (χ3v) is 3.21. The van der Waals surface area contributed by atoms with Crippen LogP contribution in [0.5, 0.6) is 5.75 Å². The van der Waals surface area contributed by atoms with Crippen LogP contribution in [-0.2, 0) is 6.54 Å². The van der Waals surface area contributed by atoms with E-state index in [1.165, 1.54) is 18.2 Å². The van der Waals surface area contributed by atoms with E-state index in [0.29, 0.717) is 16.7 Å². The molecule has 0 heterocycles. The van der Waals surface area contributed by atoms with Gasteiger partial charge in [-0.1, -0.05) is 12.1 Å². The maximum Gasteiger partial charge on any atom is 0.387 e. The number of ether oxygens (including phenoxy) is 1. The number of halogens is 4. The van der Waals surface area contributed by atoms with Gasteiger partial charge in [0, 0.05) is 12.2 Å². The second-order valence-corrected chi connectivity index (χ2v) is 4.86. The topological polar surface area (TPSA) is 21.3 Å². The lowest BCUT2D eigenvalue weighted by Crippen LogP contribution is -2.03. The molecule has 0 atom stereocenters. The summed E-state index contributed by atoms with van der Waals surface area (Å²) in [5, 5.41) is 3.04. The van der Waals surface area contributed by atoms with Gasteiger partial charge in [0.25, 0.3) is 0 Å². The second-order valence-electron chi connectivity index (χ2n) is 4.00. The summed E-state index contributed by atoms with van der Waals surface area (Å²) in [6.07, 6.45) is 0. The summed E-state index contributed by atoms with van der Waals surface area (Å²) in [5.41, 5.74) is 1.51. The van der Waals surface area contributed by atoms with Gasteiger partial charge in [0.1, 0.15) is 11.6 Å². The molecule has 0 bridgehead atoms. The van der Waals surface area contributed by atoms with E-state index in [-0.39, 0.29) is 11.6 Å². The van der Waals surface area contributed by atoms with E-state index in [1.54, 1.807) is 24.3 Å². The quantitative estimate of drug-likeness (QED) is 0.840. The second kappa shape index (κ2) is 6.65. The van der Waals surface area contributed by atoms with Crippen LogP contribution in [0.15, 0.2) is 46.9 Å². The van der Waals surface area contributed by atoms with Crippen LogP contribution in [0, 0.1) is 5.82 Å². The van der Waals surface area contributed by atoms with Gasteiger partial charge >= 0.3 is 6.61 Å². The Kier molecular flexibility index (Phi) is 4.89. The molecule has 2 nitrogen and oxygen atoms in total. The molecule has 6 heteroatoms. The van der Waals surface area contributed by atoms with Crippen molar-refractivity contribution < 1.29 is 17.9 Å². The SMILES string of the molecule is Fc1cc(NCc2ccc(OC(F)F)cc2)ccc1Br. The molecule has 2 aromatic carbocycles. The minimum absolute atomic E-state index is 0.110. The Morgan fingerprint density at radius 2 is 1.80 bits per heavy atom. The summed E-state index contributed by atoms with van der Waals surface area (Å²) in [4.78, 5) is 0. The summed E-state index contributed by atoms with van der Waals surface area (Å²) < 4.78 is 41.9. The van der Waals surface area contributed by atoms with Gasteiger partial charge in [-0.15, -0.1) is 0 Å². The Morgan fingerprint density at radius 1 is 1.10 bits per heavy atom. The molecule has 0 aromatic heterocycles. The summed E-state index contributed by atoms with van der Waals surface area (Å²) in [7, 11) is 0. The first-order valence-corrected chi connectivity index (χ1v) is 6.56. The molecule has 0 saturated carbocycles. The van der Waals surface area contributed by atoms with E-state index in [0.717, 1.165) is 5.56 Å². The molecule has 2 aromatic rings. The predicted octanol–water partition coefficient (Wildman–Crippen LogP) is 4.80. The van der Waals surface area contributed by atoms with Crippen LogP contribution < -0.4 is 10.1 Å². The van der Waals surface area contributed by atoms with Crippen LogP contribution in [0.2, 0.25) is 0 Å². The Morgan fingerprint density at radius 3 is 2.40 bits per heavy atom. The minimum Gasteiger partial charge on any atom is -0.435 e. The first kappa shape index (κ1) is 14.7. The van der Waals surface area contributed by atoms with Crippen molar-refractivity contribution in [3.63, 3.8) is 0 Å². The summed E-state index contributed by atoms with van der Waals surface area (Å²) >= 11 is 3.07. The van der Waals surface area contributed by atoms with Gasteiger partial charge in [-0.25, -0.2) is 4.39 Å². The van der Waals surface area contributed by atoms with Crippen molar-refractivity contribution >= 4 is 21.6 Å². The zero-order chi connectivity index (χ0) is 14.5. The third-order valence-electron chi connectivity index (χ3n) is 2.56. The Balaban J connectivity index is 1.95. The number of anilines is 1. The average Bonchev–Trinajstić information content (AvgIpc) is 2.41. The lowest BCUT2D eigenvalue weighted by Gasteiger charge is -2.08. The van der Waals surface area contributed by atoms with Crippen LogP contribution in [-0.4, -0.2) is 6.61 Å². The minimum atomic E-state index is -2.83. The molecule has 0 radical (unpaired) electrons. The molecule has 1 N–H and O–H groups in total. The van der Waals surface area contributed by atoms with Crippen molar-refractivity contribution in [2.45, 2.75) is 13.2 Å². The number of hydrogen-bond acceptors (Lipinski definition) is 2. The molecule has 2 rings (SSSR count). The van der Waals surface area contributed by atoms with Crippen LogP contribution in [0.3, 0.4) is 0 Å². The zero-order valence-corrected chi connectivity index (χ0v) is 11.8. The predicted molar refractivity (Wildman–Crippen MR) is 74.5 cm³/mol. The normalized spacial score (nSPS) is 10.7. The van der Waals surface area contributed by atoms with Gasteiger partial charge in [-0.05, 0) is 51.8 Å². The summed E-state index contributed by atoms with van der Waals surface area (Å²) in [5.74, 6) is -0.242. The molecule has 0 saturated heterocycles. The number of benzene rings is 2. The molecular formula is C14H11BrF3NO. The standard InChI is InChI=1S/C14H11BrF3NO/c15-12-6-3-10(7-13(12)16)19-8-9-1-4-11(5-2-9)20-14(17)18/h1-7,14,19H,8H2. The smallest absolute Gasteiger partial charge is 0.387 e. The van der Waals surface area contributed by atoms with Crippen LogP contribution in [0.25, 0.3) is 0 Å². The van der Waals surface area contributed by atoms with Gasteiger partial charge in [-0.3, -0.25) is 0 Å². The first-order chi connectivity index (χ1) is 9.54. The van der Waals surface area contributed by atoms with Gasteiger partial charge in [-0.2, -0.15) is 8.78 Å². The molecule has 0 fully saturated rings. The molecule has 0 unspecified atom stereocenters. The van der Waals surface area contributed by atoms with Gasteiger partial charge in [0.2, 0.25) is 0 Å². The fourth-order valence-electron chi connectivity index (χ4n) is 1.60. The van der Waals surface area contributed by atoms with Gasteiger partial charge < -0.3 is 10.1 Å². The molecule has 106 valence electrons. The third kappa shape index (κ3) is 4.16. The lowest BCUT2D eigenvalue weighted by atomic mass is 10.2. The maximum absolute atomic E-state index is 13.3. The number of rotatable bonds is 5. The van der Waals surface area contributed by atoms with E-state index < -0.39 is 6.61 Å². The monoisotopic (exact) mass is 345 g/mol. The van der Waals surface area contributed by atoms with Crippen molar-refractivity contribution in [3.05, 3.63) is 58.3 Å². The van der Waals surface area contributed by atoms with Gasteiger partial charge in [0.15, 0.2) is 0 Å². The van der Waals surface area contributed by atoms with E-state index in [9.17, 15) is 13.2 Å². The highest BCUT2D eigenvalue weighted by atomic mass is 79.9. The van der Waals surface area contributed by atoms with E-state index in [4.69, 9.17) is 0 Å². The van der Waals surface area contributed by atoms with Gasteiger partial charge in [0.05, 0.1) is 4.47 Å². The van der Waals surface area contributed by atoms with Crippen molar-refractivity contribution in [3.8, 4) is 5.75 Å². The Bertz CT molecular complexity index is 575. The van der Waals surface area contributed by atoms with Crippen molar-refractivity contribution in [1.29, 1.82) is 0 Å². The fraction of sp³-hybridized carbons (Fsp3) is 0.143. The molecular weight excluding hydrogens is 335 g/mol. The molecule has 0 aliphatic carbocycles. The largest absolute Gasteiger partial charge is 0.435 e. The highest BCUT2D eigenvalue weighted by molar-refractivity contribution is 9.10. The fourth-order valence-corrected chi connectivity index (χ4v) is 1.85. The van der Waals surface area contributed by atoms with E-state index >= 15 is 0 Å². The Hall–Kier alpha value is -1.69. The number of hydrogen-bond donors (Lipinski definition) is 1. The van der Waals surface area contributed by atoms with Crippen molar-refractivity contribution in [1.82, 2.24) is 0 Å². The molecule has 0 spiro atoms. The first-order valence-electron chi connectivity index (χ1n) is 5.77. The molecule has 0 amide bonds. The molecule has 20 heavy (non-hydrogen) atoms. The van der Waals surface area contributed by atoms with Crippen LogP contribution in [0.1, 0.15) is 5.56 Å². The van der Waals surface area contributed by atoms with Crippen molar-refractivity contribution in [2.24, 2.45) is 0 Å². The van der Waals surface area contributed by atoms with Crippen molar-refractivity contribution in [2.75, 3.05) is 5.32 Å².